The van der Waals surface area contributed by atoms with Crippen LogP contribution in [0.2, 0.25) is 0 Å². The third-order valence-electron chi connectivity index (χ3n) is 4.87. The molecule has 134 valence electrons. The normalized spacial score (nSPS) is 21.8. The summed E-state index contributed by atoms with van der Waals surface area (Å²) in [5.41, 5.74) is 0. The average Bonchev–Trinajstić information content (AvgIpc) is 3.01. The maximum absolute atomic E-state index is 11.8. The summed E-state index contributed by atoms with van der Waals surface area (Å²) >= 11 is 0. The number of amides is 1. The Morgan fingerprint density at radius 1 is 1.29 bits per heavy atom. The molecule has 1 saturated heterocycles. The molecule has 2 aliphatic heterocycles. The summed E-state index contributed by atoms with van der Waals surface area (Å²) < 4.78 is 7.16. The maximum Gasteiger partial charge on any atom is 0.409 e. The molecule has 1 fully saturated rings. The summed E-state index contributed by atoms with van der Waals surface area (Å²) in [7, 11) is 0. The molecule has 1 unspecified atom stereocenters. The van der Waals surface area contributed by atoms with Crippen LogP contribution in [0, 0.1) is 0 Å². The van der Waals surface area contributed by atoms with Crippen molar-refractivity contribution >= 4 is 6.09 Å². The summed E-state index contributed by atoms with van der Waals surface area (Å²) in [4.78, 5) is 18.4. The number of aryl methyl sites for hydroxylation is 1. The van der Waals surface area contributed by atoms with E-state index in [-0.39, 0.29) is 12.1 Å². The highest BCUT2D eigenvalue weighted by atomic mass is 16.6. The quantitative estimate of drug-likeness (QED) is 0.915. The molecular formula is C17H29N5O2. The summed E-state index contributed by atoms with van der Waals surface area (Å²) in [5.74, 6) is 2.38. The number of nitrogens with zero attached hydrogens (tertiary/aromatic N) is 4. The molecular weight excluding hydrogens is 306 g/mol. The topological polar surface area (TPSA) is 72.3 Å². The van der Waals surface area contributed by atoms with Crippen LogP contribution < -0.4 is 5.32 Å². The Morgan fingerprint density at radius 3 is 2.71 bits per heavy atom. The average molecular weight is 335 g/mol. The second kappa shape index (κ2) is 7.51. The van der Waals surface area contributed by atoms with Gasteiger partial charge in [-0.15, -0.1) is 0 Å². The first-order chi connectivity index (χ1) is 11.6. The van der Waals surface area contributed by atoms with Crippen LogP contribution in [0.5, 0.6) is 0 Å². The fourth-order valence-electron chi connectivity index (χ4n) is 3.50. The van der Waals surface area contributed by atoms with Gasteiger partial charge < -0.3 is 15.0 Å². The number of nitrogens with one attached hydrogen (secondary N) is 1. The van der Waals surface area contributed by atoms with E-state index < -0.39 is 0 Å². The minimum absolute atomic E-state index is 0.185. The van der Waals surface area contributed by atoms with E-state index in [2.05, 4.69) is 28.9 Å². The van der Waals surface area contributed by atoms with Gasteiger partial charge in [0.25, 0.3) is 0 Å². The van der Waals surface area contributed by atoms with Crippen LogP contribution in [-0.2, 0) is 11.3 Å². The van der Waals surface area contributed by atoms with Gasteiger partial charge >= 0.3 is 6.09 Å². The molecule has 1 amide bonds. The lowest BCUT2D eigenvalue weighted by Gasteiger charge is -2.34. The van der Waals surface area contributed by atoms with E-state index in [0.29, 0.717) is 18.6 Å². The highest BCUT2D eigenvalue weighted by Crippen LogP contribution is 2.26. The molecule has 1 N–H and O–H groups in total. The monoisotopic (exact) mass is 335 g/mol. The Kier molecular flexibility index (Phi) is 5.38. The van der Waals surface area contributed by atoms with Crippen molar-refractivity contribution < 1.29 is 9.53 Å². The lowest BCUT2D eigenvalue weighted by Crippen LogP contribution is -2.46. The number of fused-ring (bicyclic) bond motifs is 1. The fourth-order valence-corrected chi connectivity index (χ4v) is 3.50. The Bertz CT molecular complexity index is 563. The Balaban J connectivity index is 1.58. The van der Waals surface area contributed by atoms with Crippen LogP contribution >= 0.6 is 0 Å². The molecule has 7 heteroatoms. The number of ether oxygens (including phenoxy) is 1. The molecule has 2 aliphatic rings. The van der Waals surface area contributed by atoms with E-state index in [1.165, 1.54) is 0 Å². The van der Waals surface area contributed by atoms with E-state index in [4.69, 9.17) is 9.72 Å². The van der Waals surface area contributed by atoms with Crippen molar-refractivity contribution in [1.29, 1.82) is 0 Å². The predicted octanol–water partition coefficient (Wildman–Crippen LogP) is 2.45. The lowest BCUT2D eigenvalue weighted by molar-refractivity contribution is 0.0936. The van der Waals surface area contributed by atoms with E-state index in [9.17, 15) is 4.79 Å². The molecule has 3 heterocycles. The molecule has 0 radical (unpaired) electrons. The second-order valence-electron chi connectivity index (χ2n) is 7.03. The van der Waals surface area contributed by atoms with Crippen molar-refractivity contribution in [3.8, 4) is 0 Å². The van der Waals surface area contributed by atoms with E-state index in [1.807, 2.05) is 11.8 Å². The van der Waals surface area contributed by atoms with Gasteiger partial charge in [-0.3, -0.25) is 0 Å². The molecule has 7 nitrogen and oxygen atoms in total. The Morgan fingerprint density at radius 2 is 2.04 bits per heavy atom. The molecule has 0 saturated carbocycles. The molecule has 3 rings (SSSR count). The minimum atomic E-state index is -0.185. The highest BCUT2D eigenvalue weighted by Gasteiger charge is 2.29. The standard InChI is InChI=1S/C17H29N5O2/c1-4-24-17(23)21-10-7-13(8-11-21)18-14-6-5-9-22-16(14)19-15(20-22)12(2)3/h12-14,18H,4-11H2,1-3H3. The molecule has 0 aliphatic carbocycles. The van der Waals surface area contributed by atoms with Crippen LogP contribution in [0.1, 0.15) is 70.1 Å². The van der Waals surface area contributed by atoms with Gasteiger partial charge in [0, 0.05) is 31.6 Å². The third-order valence-corrected chi connectivity index (χ3v) is 4.87. The summed E-state index contributed by atoms with van der Waals surface area (Å²) in [6, 6.07) is 0.698. The van der Waals surface area contributed by atoms with Crippen molar-refractivity contribution in [3.63, 3.8) is 0 Å². The first-order valence-electron chi connectivity index (χ1n) is 9.20. The third kappa shape index (κ3) is 3.71. The van der Waals surface area contributed by atoms with E-state index in [1.54, 1.807) is 0 Å². The van der Waals surface area contributed by atoms with Gasteiger partial charge in [0.1, 0.15) is 5.82 Å². The zero-order valence-corrected chi connectivity index (χ0v) is 15.0. The number of aromatic nitrogens is 3. The Hall–Kier alpha value is -1.63. The van der Waals surface area contributed by atoms with E-state index in [0.717, 1.165) is 57.0 Å². The smallest absolute Gasteiger partial charge is 0.409 e. The van der Waals surface area contributed by atoms with Crippen molar-refractivity contribution in [2.45, 2.75) is 71.0 Å². The van der Waals surface area contributed by atoms with Crippen molar-refractivity contribution in [3.05, 3.63) is 11.6 Å². The largest absolute Gasteiger partial charge is 0.450 e. The van der Waals surface area contributed by atoms with Crippen LogP contribution in [0.4, 0.5) is 4.79 Å². The fraction of sp³-hybridized carbons (Fsp3) is 0.824. The van der Waals surface area contributed by atoms with Gasteiger partial charge in [-0.1, -0.05) is 13.8 Å². The minimum Gasteiger partial charge on any atom is -0.450 e. The molecule has 0 bridgehead atoms. The molecule has 1 aromatic heterocycles. The van der Waals surface area contributed by atoms with Gasteiger partial charge in [-0.05, 0) is 32.6 Å². The van der Waals surface area contributed by atoms with Crippen LogP contribution in [0.15, 0.2) is 0 Å². The van der Waals surface area contributed by atoms with Crippen molar-refractivity contribution in [1.82, 2.24) is 25.0 Å². The zero-order valence-electron chi connectivity index (χ0n) is 15.0. The van der Waals surface area contributed by atoms with Crippen LogP contribution in [-0.4, -0.2) is 51.5 Å². The number of piperidine rings is 1. The number of hydrogen-bond acceptors (Lipinski definition) is 5. The van der Waals surface area contributed by atoms with Crippen LogP contribution in [0.25, 0.3) is 0 Å². The van der Waals surface area contributed by atoms with Gasteiger partial charge in [0.15, 0.2) is 5.82 Å². The first kappa shape index (κ1) is 17.2. The Labute approximate surface area is 143 Å². The molecule has 0 aromatic carbocycles. The predicted molar refractivity (Wildman–Crippen MR) is 90.8 cm³/mol. The summed E-state index contributed by atoms with van der Waals surface area (Å²) in [6.07, 6.45) is 3.97. The number of carbonyl (C=O) groups is 1. The van der Waals surface area contributed by atoms with Gasteiger partial charge in [-0.25, -0.2) is 14.5 Å². The van der Waals surface area contributed by atoms with E-state index >= 15 is 0 Å². The number of carbonyl (C=O) groups excluding carboxylic acids is 1. The second-order valence-corrected chi connectivity index (χ2v) is 7.03. The van der Waals surface area contributed by atoms with Crippen molar-refractivity contribution in [2.24, 2.45) is 0 Å². The summed E-state index contributed by atoms with van der Waals surface area (Å²) in [6.45, 7) is 9.03. The molecule has 0 spiro atoms. The number of rotatable bonds is 4. The molecule has 1 atom stereocenters. The molecule has 24 heavy (non-hydrogen) atoms. The van der Waals surface area contributed by atoms with Gasteiger partial charge in [-0.2, -0.15) is 5.10 Å². The van der Waals surface area contributed by atoms with Crippen molar-refractivity contribution in [2.75, 3.05) is 19.7 Å². The highest BCUT2D eigenvalue weighted by molar-refractivity contribution is 5.67. The molecule has 1 aromatic rings. The maximum atomic E-state index is 11.8. The van der Waals surface area contributed by atoms with Gasteiger partial charge in [0.2, 0.25) is 0 Å². The first-order valence-corrected chi connectivity index (χ1v) is 9.20. The van der Waals surface area contributed by atoms with Crippen LogP contribution in [0.3, 0.4) is 0 Å². The summed E-state index contributed by atoms with van der Waals surface area (Å²) in [5, 5.41) is 8.40. The SMILES string of the molecule is CCOC(=O)N1CCC(NC2CCCn3nc(C(C)C)nc32)CC1. The zero-order chi connectivity index (χ0) is 17.1. The number of likely N-dealkylation sites (tertiary alicyclic amines) is 1. The lowest BCUT2D eigenvalue weighted by atomic mass is 10.0. The van der Waals surface area contributed by atoms with Gasteiger partial charge in [0.05, 0.1) is 12.6 Å². The number of hydrogen-bond donors (Lipinski definition) is 1.